The average molecular weight is 687 g/mol. The van der Waals surface area contributed by atoms with Crippen LogP contribution in [0.4, 0.5) is 0 Å². The smallest absolute Gasteiger partial charge is 0.0788 e. The van der Waals surface area contributed by atoms with E-state index in [2.05, 4.69) is 172 Å². The van der Waals surface area contributed by atoms with Crippen molar-refractivity contribution in [1.82, 2.24) is 19.1 Å². The molecule has 0 radical (unpaired) electrons. The monoisotopic (exact) mass is 686 g/mol. The van der Waals surface area contributed by atoms with Crippen LogP contribution in [0.3, 0.4) is 0 Å². The zero-order valence-corrected chi connectivity index (χ0v) is 29.1. The third-order valence-electron chi connectivity index (χ3n) is 11.3. The second-order valence-electron chi connectivity index (χ2n) is 14.3. The summed E-state index contributed by atoms with van der Waals surface area (Å²) in [6.07, 6.45) is 5.84. The molecule has 0 N–H and O–H groups in total. The molecule has 0 spiro atoms. The number of nitrogens with zero attached hydrogens (tertiary/aromatic N) is 4. The second-order valence-corrected chi connectivity index (χ2v) is 14.3. The fraction of sp³-hybridized carbons (Fsp3) is 0. The van der Waals surface area contributed by atoms with Crippen LogP contribution in [0.2, 0.25) is 0 Å². The summed E-state index contributed by atoms with van der Waals surface area (Å²) in [7, 11) is 0. The Labute approximate surface area is 309 Å². The van der Waals surface area contributed by atoms with Gasteiger partial charge in [-0.15, -0.1) is 0 Å². The first-order valence-corrected chi connectivity index (χ1v) is 18.4. The summed E-state index contributed by atoms with van der Waals surface area (Å²) in [6, 6.07) is 59.6. The maximum Gasteiger partial charge on any atom is 0.0788 e. The molecule has 250 valence electrons. The van der Waals surface area contributed by atoms with Gasteiger partial charge in [-0.3, -0.25) is 9.97 Å². The lowest BCUT2D eigenvalue weighted by Crippen LogP contribution is -1.98. The molecule has 0 bridgehead atoms. The number of para-hydroxylation sites is 2. The highest BCUT2D eigenvalue weighted by Crippen LogP contribution is 2.40. The van der Waals surface area contributed by atoms with E-state index in [1.165, 1.54) is 59.6 Å². The van der Waals surface area contributed by atoms with Crippen LogP contribution in [-0.4, -0.2) is 19.1 Å². The van der Waals surface area contributed by atoms with E-state index in [-0.39, 0.29) is 0 Å². The molecular formula is C50H30N4. The molecule has 12 aromatic rings. The Morgan fingerprint density at radius 1 is 0.352 bits per heavy atom. The Bertz CT molecular complexity index is 3500. The van der Waals surface area contributed by atoms with Crippen LogP contribution in [0.5, 0.6) is 0 Å². The van der Waals surface area contributed by atoms with Gasteiger partial charge in [-0.05, 0) is 99.2 Å². The highest BCUT2D eigenvalue weighted by Gasteiger charge is 2.18. The molecule has 0 aliphatic rings. The van der Waals surface area contributed by atoms with Crippen molar-refractivity contribution in [2.75, 3.05) is 0 Å². The molecule has 4 nitrogen and oxygen atoms in total. The Morgan fingerprint density at radius 3 is 1.57 bits per heavy atom. The molecule has 0 saturated heterocycles. The van der Waals surface area contributed by atoms with Gasteiger partial charge in [0.15, 0.2) is 0 Å². The van der Waals surface area contributed by atoms with E-state index >= 15 is 0 Å². The highest BCUT2D eigenvalue weighted by molar-refractivity contribution is 6.17. The van der Waals surface area contributed by atoms with Crippen molar-refractivity contribution in [1.29, 1.82) is 0 Å². The van der Waals surface area contributed by atoms with Crippen LogP contribution in [0, 0.1) is 0 Å². The minimum Gasteiger partial charge on any atom is -0.309 e. The van der Waals surface area contributed by atoms with Gasteiger partial charge in [0.25, 0.3) is 0 Å². The van der Waals surface area contributed by atoms with Crippen molar-refractivity contribution in [3.63, 3.8) is 0 Å². The number of hydrogen-bond donors (Lipinski definition) is 0. The van der Waals surface area contributed by atoms with Crippen LogP contribution < -0.4 is 0 Å². The van der Waals surface area contributed by atoms with E-state index in [1.54, 1.807) is 0 Å². The first-order valence-electron chi connectivity index (χ1n) is 18.4. The summed E-state index contributed by atoms with van der Waals surface area (Å²) in [4.78, 5) is 9.86. The van der Waals surface area contributed by atoms with Gasteiger partial charge in [-0.1, -0.05) is 97.1 Å². The fourth-order valence-corrected chi connectivity index (χ4v) is 8.88. The highest BCUT2D eigenvalue weighted by atomic mass is 15.0. The molecule has 0 saturated carbocycles. The SMILES string of the molecule is c1cncc(-c2cc3cc(-n4c5ccccc5c5cc6ccccc6cc54)ccc3c3ncc(-n4c5ccccc5c5cc6ccccc6cc54)cc23)c1. The second kappa shape index (κ2) is 11.1. The van der Waals surface area contributed by atoms with Gasteiger partial charge < -0.3 is 9.13 Å². The van der Waals surface area contributed by atoms with Crippen molar-refractivity contribution >= 4 is 86.8 Å². The molecule has 54 heavy (non-hydrogen) atoms. The number of benzene rings is 8. The van der Waals surface area contributed by atoms with Crippen LogP contribution in [0.15, 0.2) is 182 Å². The molecule has 0 atom stereocenters. The summed E-state index contributed by atoms with van der Waals surface area (Å²) in [6.45, 7) is 0. The summed E-state index contributed by atoms with van der Waals surface area (Å²) in [5.74, 6) is 0. The molecule has 0 amide bonds. The van der Waals surface area contributed by atoms with Crippen molar-refractivity contribution in [3.05, 3.63) is 182 Å². The molecule has 0 fully saturated rings. The van der Waals surface area contributed by atoms with Crippen LogP contribution in [0.25, 0.3) is 109 Å². The molecule has 4 heteroatoms. The normalized spacial score (nSPS) is 12.1. The molecule has 0 unspecified atom stereocenters. The van der Waals surface area contributed by atoms with Crippen LogP contribution in [-0.2, 0) is 0 Å². The van der Waals surface area contributed by atoms with Gasteiger partial charge in [0, 0.05) is 56.0 Å². The lowest BCUT2D eigenvalue weighted by atomic mass is 9.96. The maximum absolute atomic E-state index is 5.31. The van der Waals surface area contributed by atoms with E-state index in [4.69, 9.17) is 4.98 Å². The van der Waals surface area contributed by atoms with Gasteiger partial charge in [0.05, 0.1) is 39.5 Å². The molecule has 8 aromatic carbocycles. The molecule has 0 aliphatic heterocycles. The first kappa shape index (κ1) is 29.3. The van der Waals surface area contributed by atoms with Crippen molar-refractivity contribution in [2.45, 2.75) is 0 Å². The van der Waals surface area contributed by atoms with E-state index in [1.807, 2.05) is 24.7 Å². The quantitative estimate of drug-likeness (QED) is 0.173. The largest absolute Gasteiger partial charge is 0.309 e. The van der Waals surface area contributed by atoms with Gasteiger partial charge in [-0.2, -0.15) is 0 Å². The molecule has 0 aliphatic carbocycles. The third-order valence-corrected chi connectivity index (χ3v) is 11.3. The van der Waals surface area contributed by atoms with Gasteiger partial charge in [0.2, 0.25) is 0 Å². The topological polar surface area (TPSA) is 35.6 Å². The maximum atomic E-state index is 5.31. The summed E-state index contributed by atoms with van der Waals surface area (Å²) in [5.41, 5.74) is 10.0. The number of aromatic nitrogens is 4. The average Bonchev–Trinajstić information content (AvgIpc) is 3.73. The van der Waals surface area contributed by atoms with Crippen LogP contribution >= 0.6 is 0 Å². The predicted molar refractivity (Wildman–Crippen MR) is 226 cm³/mol. The Kier molecular flexibility index (Phi) is 6.02. The summed E-state index contributed by atoms with van der Waals surface area (Å²) >= 11 is 0. The molecule has 4 aromatic heterocycles. The fourth-order valence-electron chi connectivity index (χ4n) is 8.88. The Balaban J connectivity index is 1.13. The Morgan fingerprint density at radius 2 is 0.944 bits per heavy atom. The molecular weight excluding hydrogens is 657 g/mol. The van der Waals surface area contributed by atoms with E-state index in [0.29, 0.717) is 0 Å². The van der Waals surface area contributed by atoms with Gasteiger partial charge in [-0.25, -0.2) is 0 Å². The lowest BCUT2D eigenvalue weighted by Gasteiger charge is -2.15. The van der Waals surface area contributed by atoms with E-state index in [9.17, 15) is 0 Å². The summed E-state index contributed by atoms with van der Waals surface area (Å²) < 4.78 is 4.78. The number of fused-ring (bicyclic) bond motifs is 11. The number of rotatable bonds is 3. The van der Waals surface area contributed by atoms with Crippen molar-refractivity contribution < 1.29 is 0 Å². The predicted octanol–water partition coefficient (Wildman–Crippen LogP) is 13.0. The zero-order valence-electron chi connectivity index (χ0n) is 29.1. The van der Waals surface area contributed by atoms with Gasteiger partial charge in [0.1, 0.15) is 0 Å². The minimum atomic E-state index is 0.973. The number of hydrogen-bond acceptors (Lipinski definition) is 2. The van der Waals surface area contributed by atoms with E-state index < -0.39 is 0 Å². The minimum absolute atomic E-state index is 0.973. The van der Waals surface area contributed by atoms with Gasteiger partial charge >= 0.3 is 0 Å². The van der Waals surface area contributed by atoms with Crippen molar-refractivity contribution in [2.24, 2.45) is 0 Å². The van der Waals surface area contributed by atoms with Crippen LogP contribution in [0.1, 0.15) is 0 Å². The molecule has 4 heterocycles. The Hall–Kier alpha value is -7.30. The first-order chi connectivity index (χ1) is 26.8. The summed E-state index contributed by atoms with van der Waals surface area (Å²) in [5, 5.41) is 13.3. The lowest BCUT2D eigenvalue weighted by molar-refractivity contribution is 1.16. The molecule has 12 rings (SSSR count). The van der Waals surface area contributed by atoms with E-state index in [0.717, 1.165) is 49.7 Å². The standard InChI is InChI=1S/C50H30N4/c1-3-12-33-26-48-43(23-31(33)10-1)40-15-5-7-17-46(40)53(48)37-19-20-39-36(22-37)25-42(35-14-9-21-51-29-35)45-28-38(30-52-50(39)45)54-47-18-8-6-16-41(47)44-24-32-11-2-4-13-34(32)27-49(44)54/h1-30H. The number of pyridine rings is 2. The van der Waals surface area contributed by atoms with Crippen molar-refractivity contribution in [3.8, 4) is 22.5 Å². The third kappa shape index (κ3) is 4.19. The zero-order chi connectivity index (χ0) is 35.3.